The molecule has 1 aromatic heterocycles. The van der Waals surface area contributed by atoms with Crippen LogP contribution in [-0.4, -0.2) is 18.6 Å². The lowest BCUT2D eigenvalue weighted by Gasteiger charge is -2.26. The van der Waals surface area contributed by atoms with Gasteiger partial charge >= 0.3 is 0 Å². The lowest BCUT2D eigenvalue weighted by atomic mass is 10.0. The van der Waals surface area contributed by atoms with Crippen molar-refractivity contribution < 1.29 is 4.39 Å². The van der Waals surface area contributed by atoms with E-state index in [2.05, 4.69) is 15.2 Å². The summed E-state index contributed by atoms with van der Waals surface area (Å²) in [6.07, 6.45) is 3.55. The summed E-state index contributed by atoms with van der Waals surface area (Å²) in [5.74, 6) is -0.164. The molecule has 0 aliphatic heterocycles. The van der Waals surface area contributed by atoms with Crippen LogP contribution in [0.5, 0.6) is 0 Å². The summed E-state index contributed by atoms with van der Waals surface area (Å²) in [5.41, 5.74) is 2.79. The second kappa shape index (κ2) is 7.18. The number of benzene rings is 1. The predicted molar refractivity (Wildman–Crippen MR) is 84.8 cm³/mol. The molecule has 1 N–H and O–H groups in total. The number of aromatic nitrogens is 1. The molecule has 0 spiro atoms. The molecule has 3 nitrogen and oxygen atoms in total. The zero-order valence-electron chi connectivity index (χ0n) is 12.8. The van der Waals surface area contributed by atoms with Gasteiger partial charge in [-0.05, 0) is 43.3 Å². The van der Waals surface area contributed by atoms with E-state index in [9.17, 15) is 4.39 Å². The third-order valence-electron chi connectivity index (χ3n) is 3.55. The molecule has 4 heteroatoms. The van der Waals surface area contributed by atoms with Gasteiger partial charge in [0.2, 0.25) is 0 Å². The van der Waals surface area contributed by atoms with Crippen molar-refractivity contribution in [3.05, 3.63) is 59.7 Å². The minimum atomic E-state index is -0.164. The number of pyridine rings is 1. The Morgan fingerprint density at radius 1 is 1.24 bits per heavy atom. The summed E-state index contributed by atoms with van der Waals surface area (Å²) in [5, 5.41) is 3.29. The lowest BCUT2D eigenvalue weighted by molar-refractivity contribution is 0.540. The van der Waals surface area contributed by atoms with Crippen LogP contribution in [-0.2, 0) is 6.54 Å². The second-order valence-electron chi connectivity index (χ2n) is 5.16. The van der Waals surface area contributed by atoms with Gasteiger partial charge in [-0.2, -0.15) is 0 Å². The van der Waals surface area contributed by atoms with Crippen LogP contribution in [0.25, 0.3) is 0 Å². The molecular formula is C17H22FN3. The number of hydrogen-bond donors (Lipinski definition) is 1. The minimum Gasteiger partial charge on any atom is -0.370 e. The fourth-order valence-electron chi connectivity index (χ4n) is 2.54. The first-order valence-corrected chi connectivity index (χ1v) is 7.25. The van der Waals surface area contributed by atoms with Crippen molar-refractivity contribution >= 4 is 5.69 Å². The monoisotopic (exact) mass is 287 g/mol. The normalized spacial score (nSPS) is 12.2. The number of halogens is 1. The van der Waals surface area contributed by atoms with Crippen LogP contribution in [0.2, 0.25) is 0 Å². The Balaban J connectivity index is 2.28. The maximum Gasteiger partial charge on any atom is 0.130 e. The molecule has 1 atom stereocenters. The van der Waals surface area contributed by atoms with E-state index in [1.807, 2.05) is 39.1 Å². The van der Waals surface area contributed by atoms with Crippen LogP contribution in [0, 0.1) is 5.82 Å². The Bertz CT molecular complexity index is 572. The highest BCUT2D eigenvalue weighted by Gasteiger charge is 2.17. The van der Waals surface area contributed by atoms with Crippen molar-refractivity contribution in [2.24, 2.45) is 0 Å². The molecule has 1 heterocycles. The quantitative estimate of drug-likeness (QED) is 0.881. The molecule has 21 heavy (non-hydrogen) atoms. The topological polar surface area (TPSA) is 28.2 Å². The average molecular weight is 287 g/mol. The number of nitrogens with one attached hydrogen (secondary N) is 1. The zero-order valence-corrected chi connectivity index (χ0v) is 12.8. The summed E-state index contributed by atoms with van der Waals surface area (Å²) >= 11 is 0. The number of nitrogens with zero attached hydrogens (tertiary/aromatic N) is 2. The van der Waals surface area contributed by atoms with Gasteiger partial charge in [-0.1, -0.05) is 13.0 Å². The molecule has 0 aliphatic carbocycles. The van der Waals surface area contributed by atoms with Crippen LogP contribution in [0.4, 0.5) is 10.1 Å². The van der Waals surface area contributed by atoms with Gasteiger partial charge in [0.05, 0.1) is 0 Å². The van der Waals surface area contributed by atoms with Crippen LogP contribution < -0.4 is 10.2 Å². The highest BCUT2D eigenvalue weighted by atomic mass is 19.1. The summed E-state index contributed by atoms with van der Waals surface area (Å²) in [6.45, 7) is 5.55. The van der Waals surface area contributed by atoms with Gasteiger partial charge in [0.15, 0.2) is 0 Å². The van der Waals surface area contributed by atoms with Crippen molar-refractivity contribution in [2.75, 3.05) is 18.5 Å². The summed E-state index contributed by atoms with van der Waals surface area (Å²) in [4.78, 5) is 6.09. The molecule has 0 radical (unpaired) electrons. The smallest absolute Gasteiger partial charge is 0.130 e. The molecule has 1 aromatic carbocycles. The maximum absolute atomic E-state index is 14.2. The van der Waals surface area contributed by atoms with Crippen molar-refractivity contribution in [1.29, 1.82) is 0 Å². The Labute approximate surface area is 125 Å². The van der Waals surface area contributed by atoms with Crippen molar-refractivity contribution in [3.8, 4) is 0 Å². The van der Waals surface area contributed by atoms with Crippen molar-refractivity contribution in [1.82, 2.24) is 10.3 Å². The molecular weight excluding hydrogens is 265 g/mol. The van der Waals surface area contributed by atoms with Crippen LogP contribution in [0.1, 0.15) is 31.0 Å². The second-order valence-corrected chi connectivity index (χ2v) is 5.16. The first-order valence-electron chi connectivity index (χ1n) is 7.25. The van der Waals surface area contributed by atoms with Gasteiger partial charge in [-0.15, -0.1) is 0 Å². The van der Waals surface area contributed by atoms with Crippen LogP contribution in [0.3, 0.4) is 0 Å². The first kappa shape index (κ1) is 15.4. The van der Waals surface area contributed by atoms with Gasteiger partial charge in [0.25, 0.3) is 0 Å². The van der Waals surface area contributed by atoms with Crippen molar-refractivity contribution in [3.63, 3.8) is 0 Å². The molecule has 2 rings (SSSR count). The molecule has 0 saturated carbocycles. The summed E-state index contributed by atoms with van der Waals surface area (Å²) < 4.78 is 14.2. The van der Waals surface area contributed by atoms with E-state index in [1.54, 1.807) is 18.5 Å². The molecule has 112 valence electrons. The number of rotatable bonds is 6. The largest absolute Gasteiger partial charge is 0.370 e. The minimum absolute atomic E-state index is 0.0221. The summed E-state index contributed by atoms with van der Waals surface area (Å²) in [6, 6.07) is 9.17. The molecule has 0 bridgehead atoms. The maximum atomic E-state index is 14.2. The van der Waals surface area contributed by atoms with E-state index in [4.69, 9.17) is 0 Å². The molecule has 0 aliphatic rings. The highest BCUT2D eigenvalue weighted by Crippen LogP contribution is 2.29. The molecule has 0 saturated heterocycles. The Hall–Kier alpha value is -1.94. The van der Waals surface area contributed by atoms with Crippen LogP contribution >= 0.6 is 0 Å². The summed E-state index contributed by atoms with van der Waals surface area (Å²) in [7, 11) is 1.98. The molecule has 1 unspecified atom stereocenters. The van der Waals surface area contributed by atoms with E-state index >= 15 is 0 Å². The van der Waals surface area contributed by atoms with Crippen LogP contribution in [0.15, 0.2) is 42.7 Å². The number of anilines is 1. The van der Waals surface area contributed by atoms with E-state index in [1.165, 1.54) is 6.07 Å². The fourth-order valence-corrected chi connectivity index (χ4v) is 2.54. The van der Waals surface area contributed by atoms with Gasteiger partial charge in [-0.25, -0.2) is 4.39 Å². The van der Waals surface area contributed by atoms with E-state index in [0.29, 0.717) is 0 Å². The Morgan fingerprint density at radius 3 is 2.62 bits per heavy atom. The Morgan fingerprint density at radius 2 is 1.95 bits per heavy atom. The van der Waals surface area contributed by atoms with E-state index in [0.717, 1.165) is 29.9 Å². The molecule has 0 fully saturated rings. The van der Waals surface area contributed by atoms with Crippen molar-refractivity contribution in [2.45, 2.75) is 26.4 Å². The molecule has 0 amide bonds. The predicted octanol–water partition coefficient (Wildman–Crippen LogP) is 3.53. The average Bonchev–Trinajstić information content (AvgIpc) is 2.48. The zero-order chi connectivity index (χ0) is 15.2. The molecule has 2 aromatic rings. The third-order valence-corrected chi connectivity index (χ3v) is 3.55. The van der Waals surface area contributed by atoms with Gasteiger partial charge < -0.3 is 10.2 Å². The lowest BCUT2D eigenvalue weighted by Crippen LogP contribution is -2.24. The third kappa shape index (κ3) is 3.79. The first-order chi connectivity index (χ1) is 10.1. The fraction of sp³-hybridized carbons (Fsp3) is 0.353. The standard InChI is InChI=1S/C17H22FN3/c1-4-20-13(2)17-15(18)6-5-7-16(17)21(3)12-14-8-10-19-11-9-14/h5-11,13,20H,4,12H2,1-3H3. The van der Waals surface area contributed by atoms with Gasteiger partial charge in [-0.3, -0.25) is 4.98 Å². The number of hydrogen-bond acceptors (Lipinski definition) is 3. The van der Waals surface area contributed by atoms with E-state index in [-0.39, 0.29) is 11.9 Å². The van der Waals surface area contributed by atoms with Gasteiger partial charge in [0.1, 0.15) is 5.82 Å². The van der Waals surface area contributed by atoms with Gasteiger partial charge in [0, 0.05) is 43.3 Å². The highest BCUT2D eigenvalue weighted by molar-refractivity contribution is 5.55. The Kier molecular flexibility index (Phi) is 5.28. The SMILES string of the molecule is CCNC(C)c1c(F)cccc1N(C)Cc1ccncc1. The van der Waals surface area contributed by atoms with E-state index < -0.39 is 0 Å².